The summed E-state index contributed by atoms with van der Waals surface area (Å²) in [7, 11) is 3.44. The second-order valence-electron chi connectivity index (χ2n) is 9.29. The van der Waals surface area contributed by atoms with Crippen molar-refractivity contribution in [3.8, 4) is 11.1 Å². The molecule has 1 aliphatic heterocycles. The molecule has 0 radical (unpaired) electrons. The maximum atomic E-state index is 14.1. The highest BCUT2D eigenvalue weighted by Crippen LogP contribution is 2.34. The first-order chi connectivity index (χ1) is 18.4. The molecule has 0 bridgehead atoms. The van der Waals surface area contributed by atoms with Crippen molar-refractivity contribution in [1.82, 2.24) is 24.2 Å². The van der Waals surface area contributed by atoms with E-state index in [1.165, 1.54) is 12.1 Å². The Hall–Kier alpha value is -3.28. The van der Waals surface area contributed by atoms with Crippen LogP contribution in [0.3, 0.4) is 0 Å². The Morgan fingerprint density at radius 1 is 1.21 bits per heavy atom. The van der Waals surface area contributed by atoms with Gasteiger partial charge in [0.05, 0.1) is 30.5 Å². The van der Waals surface area contributed by atoms with Crippen molar-refractivity contribution in [2.75, 3.05) is 25.8 Å². The number of aliphatic hydroxyl groups excluding tert-OH is 1. The summed E-state index contributed by atoms with van der Waals surface area (Å²) in [4.78, 5) is 6.66. The lowest BCUT2D eigenvalue weighted by Gasteiger charge is -2.37. The normalized spacial score (nSPS) is 15.6. The molecule has 11 heteroatoms. The van der Waals surface area contributed by atoms with Gasteiger partial charge >= 0.3 is 0 Å². The Labute approximate surface area is 225 Å². The molecule has 0 saturated carbocycles. The SMILES string of the molecule is COCOC[C@H]1Cn2cc(-c3cc(Nc4ccnn4C)ncc3Cl)cc2CN1Cc1cc(F)ccc1CO. The number of fused-ring (bicyclic) bond motifs is 1. The van der Waals surface area contributed by atoms with Gasteiger partial charge in [0.1, 0.15) is 24.2 Å². The molecule has 1 aromatic carbocycles. The Kier molecular flexibility index (Phi) is 8.06. The molecule has 0 saturated heterocycles. The van der Waals surface area contributed by atoms with Crippen LogP contribution in [0, 0.1) is 5.82 Å². The fraction of sp³-hybridized carbons (Fsp3) is 0.333. The van der Waals surface area contributed by atoms with Crippen molar-refractivity contribution in [2.45, 2.75) is 32.3 Å². The third-order valence-corrected chi connectivity index (χ3v) is 7.04. The molecule has 2 N–H and O–H groups in total. The number of nitrogens with zero attached hydrogens (tertiary/aromatic N) is 5. The van der Waals surface area contributed by atoms with Gasteiger partial charge in [0, 0.05) is 69.1 Å². The molecule has 38 heavy (non-hydrogen) atoms. The average molecular weight is 541 g/mol. The lowest BCUT2D eigenvalue weighted by molar-refractivity contribution is -0.0596. The van der Waals surface area contributed by atoms with E-state index in [0.29, 0.717) is 42.6 Å². The fourth-order valence-corrected chi connectivity index (χ4v) is 4.98. The molecule has 0 fully saturated rings. The van der Waals surface area contributed by atoms with Crippen LogP contribution in [-0.4, -0.2) is 55.9 Å². The van der Waals surface area contributed by atoms with Gasteiger partial charge in [-0.05, 0) is 35.4 Å². The highest BCUT2D eigenvalue weighted by atomic mass is 35.5. The summed E-state index contributed by atoms with van der Waals surface area (Å²) < 4.78 is 28.8. The summed E-state index contributed by atoms with van der Waals surface area (Å²) >= 11 is 6.58. The van der Waals surface area contributed by atoms with Gasteiger partial charge in [-0.2, -0.15) is 5.10 Å². The molecule has 1 atom stereocenters. The van der Waals surface area contributed by atoms with E-state index in [0.717, 1.165) is 28.2 Å². The van der Waals surface area contributed by atoms with E-state index in [4.69, 9.17) is 21.1 Å². The number of aromatic nitrogens is 4. The van der Waals surface area contributed by atoms with Gasteiger partial charge in [-0.25, -0.2) is 9.37 Å². The first kappa shape index (κ1) is 26.3. The molecule has 0 unspecified atom stereocenters. The lowest BCUT2D eigenvalue weighted by Crippen LogP contribution is -2.45. The third kappa shape index (κ3) is 5.74. The minimum absolute atomic E-state index is 0.0164. The van der Waals surface area contributed by atoms with E-state index in [1.807, 2.05) is 19.2 Å². The van der Waals surface area contributed by atoms with Crippen molar-refractivity contribution in [2.24, 2.45) is 7.05 Å². The van der Waals surface area contributed by atoms with Crippen LogP contribution >= 0.6 is 11.6 Å². The lowest BCUT2D eigenvalue weighted by atomic mass is 10.0. The van der Waals surface area contributed by atoms with Gasteiger partial charge in [-0.1, -0.05) is 17.7 Å². The highest BCUT2D eigenvalue weighted by Gasteiger charge is 2.28. The topological polar surface area (TPSA) is 89.6 Å². The van der Waals surface area contributed by atoms with Crippen LogP contribution in [0.15, 0.2) is 55.0 Å². The molecule has 9 nitrogen and oxygen atoms in total. The number of nitrogens with one attached hydrogen (secondary N) is 1. The number of pyridine rings is 1. The first-order valence-electron chi connectivity index (χ1n) is 12.2. The molecule has 4 aromatic rings. The zero-order valence-corrected chi connectivity index (χ0v) is 22.0. The number of benzene rings is 1. The van der Waals surface area contributed by atoms with Gasteiger partial charge in [0.2, 0.25) is 0 Å². The van der Waals surface area contributed by atoms with E-state index in [1.54, 1.807) is 30.3 Å². The molecule has 200 valence electrons. The Morgan fingerprint density at radius 3 is 2.84 bits per heavy atom. The molecular weight excluding hydrogens is 511 g/mol. The summed E-state index contributed by atoms with van der Waals surface area (Å²) in [6.07, 6.45) is 5.44. The van der Waals surface area contributed by atoms with Crippen molar-refractivity contribution in [1.29, 1.82) is 0 Å². The summed E-state index contributed by atoms with van der Waals surface area (Å²) in [6, 6.07) is 10.4. The molecule has 0 aliphatic carbocycles. The van der Waals surface area contributed by atoms with Crippen LogP contribution in [0.1, 0.15) is 16.8 Å². The van der Waals surface area contributed by atoms with Crippen LogP contribution in [0.5, 0.6) is 0 Å². The third-order valence-electron chi connectivity index (χ3n) is 6.74. The first-order valence-corrected chi connectivity index (χ1v) is 12.6. The van der Waals surface area contributed by atoms with Gasteiger partial charge < -0.3 is 24.5 Å². The summed E-state index contributed by atoms with van der Waals surface area (Å²) in [5, 5.41) is 17.8. The van der Waals surface area contributed by atoms with Crippen molar-refractivity contribution >= 4 is 23.2 Å². The predicted octanol–water partition coefficient (Wildman–Crippen LogP) is 4.32. The van der Waals surface area contributed by atoms with Crippen LogP contribution in [0.25, 0.3) is 11.1 Å². The van der Waals surface area contributed by atoms with E-state index >= 15 is 0 Å². The van der Waals surface area contributed by atoms with Crippen molar-refractivity contribution in [3.63, 3.8) is 0 Å². The number of ether oxygens (including phenoxy) is 2. The van der Waals surface area contributed by atoms with Crippen LogP contribution in [0.2, 0.25) is 5.02 Å². The molecule has 1 aliphatic rings. The van der Waals surface area contributed by atoms with E-state index in [9.17, 15) is 9.50 Å². The van der Waals surface area contributed by atoms with Gasteiger partial charge in [-0.3, -0.25) is 9.58 Å². The zero-order chi connectivity index (χ0) is 26.6. The Morgan fingerprint density at radius 2 is 2.08 bits per heavy atom. The molecule has 3 aromatic heterocycles. The predicted molar refractivity (Wildman–Crippen MR) is 142 cm³/mol. The number of halogens is 2. The number of aliphatic hydroxyl groups is 1. The monoisotopic (exact) mass is 540 g/mol. The smallest absolute Gasteiger partial charge is 0.146 e. The van der Waals surface area contributed by atoms with E-state index < -0.39 is 0 Å². The largest absolute Gasteiger partial charge is 0.392 e. The summed E-state index contributed by atoms with van der Waals surface area (Å²) in [5.41, 5.74) is 4.40. The van der Waals surface area contributed by atoms with Crippen molar-refractivity contribution in [3.05, 3.63) is 82.6 Å². The number of methoxy groups -OCH3 is 1. The second-order valence-corrected chi connectivity index (χ2v) is 9.70. The number of aryl methyl sites for hydroxylation is 1. The minimum Gasteiger partial charge on any atom is -0.392 e. The maximum absolute atomic E-state index is 14.1. The van der Waals surface area contributed by atoms with Gasteiger partial charge in [0.15, 0.2) is 0 Å². The van der Waals surface area contributed by atoms with E-state index in [-0.39, 0.29) is 25.3 Å². The van der Waals surface area contributed by atoms with Gasteiger partial charge in [0.25, 0.3) is 0 Å². The average Bonchev–Trinajstić information content (AvgIpc) is 3.50. The second kappa shape index (κ2) is 11.6. The number of hydrogen-bond acceptors (Lipinski definition) is 7. The quantitative estimate of drug-likeness (QED) is 0.229. The van der Waals surface area contributed by atoms with Crippen LogP contribution in [-0.2, 0) is 42.8 Å². The summed E-state index contributed by atoms with van der Waals surface area (Å²) in [5.74, 6) is 1.15. The van der Waals surface area contributed by atoms with Crippen LogP contribution in [0.4, 0.5) is 16.0 Å². The maximum Gasteiger partial charge on any atom is 0.146 e. The van der Waals surface area contributed by atoms with Crippen molar-refractivity contribution < 1.29 is 19.0 Å². The number of hydrogen-bond donors (Lipinski definition) is 2. The fourth-order valence-electron chi connectivity index (χ4n) is 4.77. The molecule has 0 spiro atoms. The number of anilines is 2. The highest BCUT2D eigenvalue weighted by molar-refractivity contribution is 6.33. The molecule has 4 heterocycles. The Balaban J connectivity index is 1.42. The van der Waals surface area contributed by atoms with Gasteiger partial charge in [-0.15, -0.1) is 0 Å². The molecule has 0 amide bonds. The van der Waals surface area contributed by atoms with E-state index in [2.05, 4.69) is 37.1 Å². The zero-order valence-electron chi connectivity index (χ0n) is 21.3. The van der Waals surface area contributed by atoms with Crippen LogP contribution < -0.4 is 5.32 Å². The molecular formula is C27H30ClFN6O3. The minimum atomic E-state index is -0.324. The standard InChI is InChI=1S/C27H30ClFN6O3/c1-33-27(5-6-31-33)32-26-9-24(25(28)10-30-26)20-8-22-13-35(11-19-7-21(29)4-3-18(19)15-36)23(14-34(22)12-20)16-38-17-37-2/h3-10,12,23,36H,11,13-17H2,1-2H3,(H,30,32)/t23-/m1/s1. The Bertz CT molecular complexity index is 1410. The summed E-state index contributed by atoms with van der Waals surface area (Å²) in [6.45, 7) is 2.25. The molecule has 5 rings (SSSR count). The number of rotatable bonds is 10.